The van der Waals surface area contributed by atoms with Gasteiger partial charge < -0.3 is 19.3 Å². The second-order valence-electron chi connectivity index (χ2n) is 12.2. The molecule has 47 heavy (non-hydrogen) atoms. The van der Waals surface area contributed by atoms with Crippen LogP contribution in [0, 0.1) is 13.8 Å². The molecule has 8 nitrogen and oxygen atoms in total. The number of phenols is 2. The summed E-state index contributed by atoms with van der Waals surface area (Å²) in [5, 5.41) is 35.5. The Morgan fingerprint density at radius 2 is 1.09 bits per heavy atom. The van der Waals surface area contributed by atoms with Crippen molar-refractivity contribution in [1.82, 2.24) is 10.3 Å². The SMILES string of the molecule is Cc1noc2c1N=C(c1cccs1)CC(c1ccccc1O)C2CC1c2onc(C)c2N=C(c2cccs2)CC1c1ccccc1O. The van der Waals surface area contributed by atoms with Gasteiger partial charge in [-0.25, -0.2) is 9.98 Å². The van der Waals surface area contributed by atoms with E-state index in [4.69, 9.17) is 19.0 Å². The molecule has 8 rings (SSSR count). The Morgan fingerprint density at radius 3 is 1.49 bits per heavy atom. The average molecular weight is 661 g/mol. The molecule has 0 saturated carbocycles. The number of fused-ring (bicyclic) bond motifs is 2. The van der Waals surface area contributed by atoms with Crippen molar-refractivity contribution in [3.05, 3.63) is 127 Å². The van der Waals surface area contributed by atoms with Crippen molar-refractivity contribution in [2.24, 2.45) is 9.98 Å². The van der Waals surface area contributed by atoms with Crippen LogP contribution < -0.4 is 0 Å². The molecule has 0 radical (unpaired) electrons. The lowest BCUT2D eigenvalue weighted by Gasteiger charge is -2.32. The molecule has 2 aliphatic heterocycles. The Hall–Kier alpha value is -4.80. The van der Waals surface area contributed by atoms with Gasteiger partial charge >= 0.3 is 0 Å². The van der Waals surface area contributed by atoms with Gasteiger partial charge in [-0.15, -0.1) is 22.7 Å². The van der Waals surface area contributed by atoms with Crippen molar-refractivity contribution < 1.29 is 19.3 Å². The number of thiophene rings is 2. The summed E-state index contributed by atoms with van der Waals surface area (Å²) in [6.45, 7) is 3.84. The molecule has 0 aliphatic carbocycles. The number of benzene rings is 2. The summed E-state index contributed by atoms with van der Waals surface area (Å²) in [7, 11) is 0. The van der Waals surface area contributed by atoms with Crippen LogP contribution in [0.4, 0.5) is 11.4 Å². The molecule has 2 N–H and O–H groups in total. The van der Waals surface area contributed by atoms with Gasteiger partial charge in [-0.05, 0) is 79.3 Å². The van der Waals surface area contributed by atoms with E-state index in [2.05, 4.69) is 33.2 Å². The van der Waals surface area contributed by atoms with Crippen molar-refractivity contribution in [3.8, 4) is 11.5 Å². The van der Waals surface area contributed by atoms with Crippen LogP contribution in [-0.4, -0.2) is 31.9 Å². The normalized spacial score (nSPS) is 20.9. The van der Waals surface area contributed by atoms with E-state index in [1.54, 1.807) is 34.8 Å². The zero-order valence-corrected chi connectivity index (χ0v) is 27.5. The first kappa shape index (κ1) is 29.6. The molecule has 4 aromatic heterocycles. The number of phenolic OH excluding ortho intramolecular Hbond substituents is 2. The van der Waals surface area contributed by atoms with E-state index in [1.165, 1.54) is 0 Å². The molecule has 2 aromatic carbocycles. The van der Waals surface area contributed by atoms with Gasteiger partial charge in [0.15, 0.2) is 11.5 Å². The van der Waals surface area contributed by atoms with Gasteiger partial charge in [0.05, 0.1) is 11.4 Å². The first-order chi connectivity index (χ1) is 23.0. The fourth-order valence-electron chi connectivity index (χ4n) is 7.22. The molecule has 0 fully saturated rings. The number of hydrogen-bond donors (Lipinski definition) is 2. The topological polar surface area (TPSA) is 117 Å². The first-order valence-corrected chi connectivity index (χ1v) is 17.4. The van der Waals surface area contributed by atoms with Gasteiger partial charge in [-0.3, -0.25) is 0 Å². The molecular weight excluding hydrogens is 629 g/mol. The Bertz CT molecular complexity index is 1960. The Balaban J connectivity index is 1.32. The van der Waals surface area contributed by atoms with Crippen molar-refractivity contribution in [2.45, 2.75) is 56.8 Å². The van der Waals surface area contributed by atoms with E-state index in [1.807, 2.05) is 62.4 Å². The smallest absolute Gasteiger partial charge is 0.166 e. The van der Waals surface area contributed by atoms with Gasteiger partial charge in [0.2, 0.25) is 0 Å². The van der Waals surface area contributed by atoms with Crippen LogP contribution in [0.1, 0.15) is 86.7 Å². The number of nitrogens with zero attached hydrogens (tertiary/aromatic N) is 4. The van der Waals surface area contributed by atoms with Crippen LogP contribution in [0.25, 0.3) is 0 Å². The molecule has 2 aliphatic rings. The highest BCUT2D eigenvalue weighted by Gasteiger charge is 2.43. The van der Waals surface area contributed by atoms with Crippen LogP contribution in [0.5, 0.6) is 11.5 Å². The zero-order valence-electron chi connectivity index (χ0n) is 25.8. The highest BCUT2D eigenvalue weighted by Crippen LogP contribution is 2.56. The number of aromatic hydroxyl groups is 2. The minimum Gasteiger partial charge on any atom is -0.508 e. The monoisotopic (exact) mass is 660 g/mol. The van der Waals surface area contributed by atoms with Gasteiger partial charge in [0.25, 0.3) is 0 Å². The standard InChI is InChI=1S/C37H32N4O4S2/c1-20-34-36(44-40-20)26(24(22-9-3-5-11-30(22)42)18-28(38-34)32-13-7-15-46-32)17-27-25(23-10-4-6-12-31(23)43)19-29(33-14-8-16-47-33)39-35-21(2)41-45-37(27)35/h3-16,24-27,42-43H,17-19H2,1-2H3. The molecule has 0 amide bonds. The molecule has 10 heteroatoms. The van der Waals surface area contributed by atoms with Gasteiger partial charge in [-0.1, -0.05) is 58.8 Å². The Labute approximate surface area is 279 Å². The largest absolute Gasteiger partial charge is 0.508 e. The van der Waals surface area contributed by atoms with Crippen LogP contribution in [-0.2, 0) is 0 Å². The quantitative estimate of drug-likeness (QED) is 0.184. The summed E-state index contributed by atoms with van der Waals surface area (Å²) in [6, 6.07) is 23.3. The maximum absolute atomic E-state index is 11.3. The lowest BCUT2D eigenvalue weighted by atomic mass is 9.70. The molecule has 0 spiro atoms. The second-order valence-corrected chi connectivity index (χ2v) is 14.1. The molecule has 6 aromatic rings. The molecular formula is C37H32N4O4S2. The molecule has 0 bridgehead atoms. The molecule has 4 atom stereocenters. The Kier molecular flexibility index (Phi) is 7.61. The third-order valence-corrected chi connectivity index (χ3v) is 11.3. The summed E-state index contributed by atoms with van der Waals surface area (Å²) in [6.07, 6.45) is 1.71. The van der Waals surface area contributed by atoms with Crippen LogP contribution in [0.2, 0.25) is 0 Å². The summed E-state index contributed by atoms with van der Waals surface area (Å²) < 4.78 is 12.4. The second kappa shape index (κ2) is 12.1. The summed E-state index contributed by atoms with van der Waals surface area (Å²) >= 11 is 3.29. The highest BCUT2D eigenvalue weighted by atomic mass is 32.1. The predicted molar refractivity (Wildman–Crippen MR) is 185 cm³/mol. The maximum atomic E-state index is 11.3. The van der Waals surface area contributed by atoms with E-state index in [-0.39, 0.29) is 35.2 Å². The van der Waals surface area contributed by atoms with E-state index in [0.717, 1.165) is 55.1 Å². The lowest BCUT2D eigenvalue weighted by molar-refractivity contribution is 0.284. The number of aryl methyl sites for hydroxylation is 2. The summed E-state index contributed by atoms with van der Waals surface area (Å²) in [4.78, 5) is 12.5. The summed E-state index contributed by atoms with van der Waals surface area (Å²) in [5.41, 5.74) is 6.40. The Morgan fingerprint density at radius 1 is 0.638 bits per heavy atom. The summed E-state index contributed by atoms with van der Waals surface area (Å²) in [5.74, 6) is 0.879. The van der Waals surface area contributed by atoms with Crippen molar-refractivity contribution >= 4 is 45.5 Å². The third-order valence-electron chi connectivity index (χ3n) is 9.47. The van der Waals surface area contributed by atoms with Crippen LogP contribution >= 0.6 is 22.7 Å². The molecule has 236 valence electrons. The van der Waals surface area contributed by atoms with E-state index in [9.17, 15) is 10.2 Å². The van der Waals surface area contributed by atoms with Crippen LogP contribution in [0.15, 0.2) is 103 Å². The van der Waals surface area contributed by atoms with Crippen molar-refractivity contribution in [1.29, 1.82) is 0 Å². The fourth-order valence-corrected chi connectivity index (χ4v) is 8.67. The van der Waals surface area contributed by atoms with Gasteiger partial charge in [0.1, 0.15) is 34.3 Å². The fraction of sp³-hybridized carbons (Fsp3) is 0.243. The lowest BCUT2D eigenvalue weighted by Crippen LogP contribution is -2.21. The minimum absolute atomic E-state index is 0.205. The highest BCUT2D eigenvalue weighted by molar-refractivity contribution is 7.12. The number of aliphatic imine (C=N–C) groups is 2. The zero-order chi connectivity index (χ0) is 32.1. The molecule has 6 heterocycles. The minimum atomic E-state index is -0.263. The number of aromatic nitrogens is 2. The van der Waals surface area contributed by atoms with Gasteiger partial charge in [-0.2, -0.15) is 0 Å². The average Bonchev–Trinajstić information content (AvgIpc) is 3.89. The van der Waals surface area contributed by atoms with Crippen LogP contribution in [0.3, 0.4) is 0 Å². The van der Waals surface area contributed by atoms with Crippen molar-refractivity contribution in [3.63, 3.8) is 0 Å². The molecule has 0 saturated heterocycles. The number of para-hydroxylation sites is 2. The number of rotatable bonds is 6. The first-order valence-electron chi connectivity index (χ1n) is 15.7. The van der Waals surface area contributed by atoms with Crippen molar-refractivity contribution in [2.75, 3.05) is 0 Å². The van der Waals surface area contributed by atoms with E-state index in [0.29, 0.717) is 30.8 Å². The number of hydrogen-bond acceptors (Lipinski definition) is 10. The predicted octanol–water partition coefficient (Wildman–Crippen LogP) is 9.69. The van der Waals surface area contributed by atoms with E-state index < -0.39 is 0 Å². The van der Waals surface area contributed by atoms with E-state index >= 15 is 0 Å². The maximum Gasteiger partial charge on any atom is 0.166 e. The van der Waals surface area contributed by atoms with Gasteiger partial charge in [0, 0.05) is 33.4 Å². The third kappa shape index (κ3) is 5.31. The molecule has 4 unspecified atom stereocenters.